The molecule has 1 saturated heterocycles. The number of para-hydroxylation sites is 1. The predicted molar refractivity (Wildman–Crippen MR) is 125 cm³/mol. The summed E-state index contributed by atoms with van der Waals surface area (Å²) in [5.41, 5.74) is 7.67. The lowest BCUT2D eigenvalue weighted by Crippen LogP contribution is -2.38. The van der Waals surface area contributed by atoms with Gasteiger partial charge < -0.3 is 10.5 Å². The number of rotatable bonds is 6. The predicted octanol–water partition coefficient (Wildman–Crippen LogP) is 4.37. The Hall–Kier alpha value is -3.24. The van der Waals surface area contributed by atoms with Gasteiger partial charge in [-0.25, -0.2) is 4.98 Å². The SMILES string of the molecule is NC1CCN(C(c2ccc3nnc(-c4ccc5cccc(OCC6CC6)c5n4)n3c2)C(F)(F)F)C1. The van der Waals surface area contributed by atoms with Crippen LogP contribution in [-0.2, 0) is 0 Å². The van der Waals surface area contributed by atoms with Crippen LogP contribution in [0, 0.1) is 5.92 Å². The van der Waals surface area contributed by atoms with E-state index in [0.29, 0.717) is 53.9 Å². The van der Waals surface area contributed by atoms with Gasteiger partial charge in [-0.15, -0.1) is 10.2 Å². The summed E-state index contributed by atoms with van der Waals surface area (Å²) < 4.78 is 50.0. The van der Waals surface area contributed by atoms with Gasteiger partial charge in [-0.2, -0.15) is 13.2 Å². The quantitative estimate of drug-likeness (QED) is 0.440. The molecule has 1 aliphatic carbocycles. The number of nitrogens with two attached hydrogens (primary N) is 1. The fourth-order valence-electron chi connectivity index (χ4n) is 4.75. The molecule has 3 aromatic heterocycles. The van der Waals surface area contributed by atoms with Gasteiger partial charge in [0.25, 0.3) is 0 Å². The Labute approximate surface area is 199 Å². The molecule has 2 unspecified atom stereocenters. The van der Waals surface area contributed by atoms with Gasteiger partial charge in [0.2, 0.25) is 0 Å². The molecule has 10 heteroatoms. The Kier molecular flexibility index (Phi) is 5.37. The first-order valence-corrected chi connectivity index (χ1v) is 11.8. The van der Waals surface area contributed by atoms with E-state index < -0.39 is 12.2 Å². The van der Waals surface area contributed by atoms with Crippen LogP contribution in [0.3, 0.4) is 0 Å². The first-order chi connectivity index (χ1) is 16.9. The number of hydrogen-bond acceptors (Lipinski definition) is 6. The highest BCUT2D eigenvalue weighted by molar-refractivity contribution is 5.86. The van der Waals surface area contributed by atoms with E-state index in [9.17, 15) is 13.2 Å². The number of hydrogen-bond donors (Lipinski definition) is 1. The zero-order valence-corrected chi connectivity index (χ0v) is 18.9. The third kappa shape index (κ3) is 4.32. The first-order valence-electron chi connectivity index (χ1n) is 11.8. The van der Waals surface area contributed by atoms with Gasteiger partial charge >= 0.3 is 6.18 Å². The van der Waals surface area contributed by atoms with Crippen LogP contribution in [0.25, 0.3) is 28.1 Å². The highest BCUT2D eigenvalue weighted by atomic mass is 19.4. The average Bonchev–Trinajstić information content (AvgIpc) is 3.42. The van der Waals surface area contributed by atoms with E-state index in [4.69, 9.17) is 15.5 Å². The second-order valence-electron chi connectivity index (χ2n) is 9.48. The first kappa shape index (κ1) is 22.2. The summed E-state index contributed by atoms with van der Waals surface area (Å²) in [7, 11) is 0. The molecule has 1 aromatic carbocycles. The highest BCUT2D eigenvalue weighted by Crippen LogP contribution is 2.39. The molecule has 1 saturated carbocycles. The smallest absolute Gasteiger partial charge is 0.408 e. The summed E-state index contributed by atoms with van der Waals surface area (Å²) in [6.45, 7) is 1.16. The summed E-state index contributed by atoms with van der Waals surface area (Å²) in [6.07, 6.45) is -0.0760. The fraction of sp³-hybridized carbons (Fsp3) is 0.400. The molecule has 6 rings (SSSR count). The standard InChI is InChI=1S/C25H25F3N6O/c26-25(27,28)23(33-11-10-18(29)13-33)17-7-9-21-31-32-24(34(21)12-17)19-8-6-16-2-1-3-20(22(16)30-19)35-14-15-4-5-15/h1-3,6-9,12,15,18,23H,4-5,10-11,13-14,29H2. The number of ether oxygens (including phenoxy) is 1. The van der Waals surface area contributed by atoms with Crippen LogP contribution in [0.2, 0.25) is 0 Å². The van der Waals surface area contributed by atoms with Crippen molar-refractivity contribution in [2.75, 3.05) is 19.7 Å². The molecule has 2 aliphatic rings. The van der Waals surface area contributed by atoms with Crippen LogP contribution in [0.4, 0.5) is 13.2 Å². The van der Waals surface area contributed by atoms with Crippen LogP contribution in [-0.4, -0.2) is 56.4 Å². The summed E-state index contributed by atoms with van der Waals surface area (Å²) >= 11 is 0. The minimum atomic E-state index is -4.44. The number of halogens is 3. The van der Waals surface area contributed by atoms with Gasteiger partial charge in [0.05, 0.1) is 6.61 Å². The number of pyridine rings is 2. The molecule has 7 nitrogen and oxygen atoms in total. The van der Waals surface area contributed by atoms with Crippen molar-refractivity contribution in [3.8, 4) is 17.3 Å². The molecule has 0 spiro atoms. The zero-order valence-electron chi connectivity index (χ0n) is 18.9. The van der Waals surface area contributed by atoms with Crippen molar-refractivity contribution in [1.29, 1.82) is 0 Å². The van der Waals surface area contributed by atoms with E-state index in [1.165, 1.54) is 30.0 Å². The summed E-state index contributed by atoms with van der Waals surface area (Å²) in [4.78, 5) is 6.18. The van der Waals surface area contributed by atoms with Crippen LogP contribution >= 0.6 is 0 Å². The van der Waals surface area contributed by atoms with Crippen molar-refractivity contribution >= 4 is 16.6 Å². The fourth-order valence-corrected chi connectivity index (χ4v) is 4.75. The van der Waals surface area contributed by atoms with Crippen molar-refractivity contribution in [2.24, 2.45) is 11.7 Å². The topological polar surface area (TPSA) is 81.6 Å². The number of benzene rings is 1. The molecule has 35 heavy (non-hydrogen) atoms. The Balaban J connectivity index is 1.41. The number of nitrogens with zero attached hydrogens (tertiary/aromatic N) is 5. The van der Waals surface area contributed by atoms with E-state index >= 15 is 0 Å². The molecule has 0 bridgehead atoms. The monoisotopic (exact) mass is 482 g/mol. The maximum absolute atomic E-state index is 14.1. The Bertz CT molecular complexity index is 1380. The van der Waals surface area contributed by atoms with E-state index in [1.807, 2.05) is 24.3 Å². The minimum absolute atomic E-state index is 0.120. The Morgan fingerprint density at radius 3 is 2.66 bits per heavy atom. The number of alkyl halides is 3. The van der Waals surface area contributed by atoms with Gasteiger partial charge in [0, 0.05) is 30.7 Å². The van der Waals surface area contributed by atoms with Crippen molar-refractivity contribution in [2.45, 2.75) is 37.5 Å². The lowest BCUT2D eigenvalue weighted by molar-refractivity contribution is -0.183. The second-order valence-corrected chi connectivity index (χ2v) is 9.48. The van der Waals surface area contributed by atoms with E-state index in [1.54, 1.807) is 16.5 Å². The summed E-state index contributed by atoms with van der Waals surface area (Å²) in [5.74, 6) is 1.66. The van der Waals surface area contributed by atoms with Gasteiger partial charge in [0.15, 0.2) is 11.5 Å². The Morgan fingerprint density at radius 2 is 1.91 bits per heavy atom. The van der Waals surface area contributed by atoms with E-state index in [-0.39, 0.29) is 18.2 Å². The lowest BCUT2D eigenvalue weighted by atomic mass is 10.1. The number of likely N-dealkylation sites (tertiary alicyclic amines) is 1. The highest BCUT2D eigenvalue weighted by Gasteiger charge is 2.46. The molecular formula is C25H25F3N6O. The lowest BCUT2D eigenvalue weighted by Gasteiger charge is -2.30. The van der Waals surface area contributed by atoms with Crippen LogP contribution in [0.1, 0.15) is 30.9 Å². The molecule has 2 fully saturated rings. The zero-order chi connectivity index (χ0) is 24.2. The minimum Gasteiger partial charge on any atom is -0.491 e. The maximum Gasteiger partial charge on any atom is 0.408 e. The average molecular weight is 483 g/mol. The number of aromatic nitrogens is 4. The van der Waals surface area contributed by atoms with Crippen LogP contribution in [0.15, 0.2) is 48.7 Å². The molecule has 2 atom stereocenters. The van der Waals surface area contributed by atoms with Crippen molar-refractivity contribution in [1.82, 2.24) is 24.5 Å². The largest absolute Gasteiger partial charge is 0.491 e. The summed E-state index contributed by atoms with van der Waals surface area (Å²) in [6, 6.07) is 10.5. The maximum atomic E-state index is 14.1. The van der Waals surface area contributed by atoms with Crippen molar-refractivity contribution in [3.05, 3.63) is 54.2 Å². The molecular weight excluding hydrogens is 457 g/mol. The third-order valence-corrected chi connectivity index (χ3v) is 6.76. The molecule has 182 valence electrons. The van der Waals surface area contributed by atoms with Crippen LogP contribution in [0.5, 0.6) is 5.75 Å². The van der Waals surface area contributed by atoms with Crippen LogP contribution < -0.4 is 10.5 Å². The molecule has 4 heterocycles. The molecule has 1 aliphatic heterocycles. The van der Waals surface area contributed by atoms with Crippen molar-refractivity contribution < 1.29 is 17.9 Å². The summed E-state index contributed by atoms with van der Waals surface area (Å²) in [5, 5.41) is 9.33. The third-order valence-electron chi connectivity index (χ3n) is 6.76. The van der Waals surface area contributed by atoms with Gasteiger partial charge in [-0.3, -0.25) is 9.30 Å². The van der Waals surface area contributed by atoms with E-state index in [0.717, 1.165) is 5.39 Å². The van der Waals surface area contributed by atoms with E-state index in [2.05, 4.69) is 10.2 Å². The molecule has 2 N–H and O–H groups in total. The molecule has 0 radical (unpaired) electrons. The normalized spacial score (nSPS) is 20.1. The molecule has 4 aromatic rings. The van der Waals surface area contributed by atoms with Gasteiger partial charge in [-0.05, 0) is 48.9 Å². The number of fused-ring (bicyclic) bond motifs is 2. The van der Waals surface area contributed by atoms with Crippen molar-refractivity contribution in [3.63, 3.8) is 0 Å². The van der Waals surface area contributed by atoms with Gasteiger partial charge in [-0.1, -0.05) is 24.3 Å². The Morgan fingerprint density at radius 1 is 1.06 bits per heavy atom. The van der Waals surface area contributed by atoms with Gasteiger partial charge in [0.1, 0.15) is 23.0 Å². The second kappa shape index (κ2) is 8.46. The molecule has 0 amide bonds.